The maximum atomic E-state index is 4.87. The first kappa shape index (κ1) is 16.6. The van der Waals surface area contributed by atoms with E-state index in [1.165, 1.54) is 5.56 Å². The third-order valence-electron chi connectivity index (χ3n) is 4.86. The summed E-state index contributed by atoms with van der Waals surface area (Å²) in [5, 5.41) is 5.56. The molecular weight excluding hydrogens is 348 g/mol. The zero-order valence-electron chi connectivity index (χ0n) is 15.7. The van der Waals surface area contributed by atoms with Gasteiger partial charge < -0.3 is 4.57 Å². The fourth-order valence-electron chi connectivity index (χ4n) is 3.48. The summed E-state index contributed by atoms with van der Waals surface area (Å²) in [6, 6.07) is 14.4. The van der Waals surface area contributed by atoms with Gasteiger partial charge in [-0.15, -0.1) is 0 Å². The van der Waals surface area contributed by atoms with Gasteiger partial charge in [0.25, 0.3) is 0 Å². The summed E-state index contributed by atoms with van der Waals surface area (Å²) in [5.74, 6) is 0. The maximum Gasteiger partial charge on any atom is 0.160 e. The Kier molecular flexibility index (Phi) is 4.09. The van der Waals surface area contributed by atoms with Crippen molar-refractivity contribution in [3.05, 3.63) is 72.9 Å². The van der Waals surface area contributed by atoms with E-state index in [4.69, 9.17) is 4.98 Å². The lowest BCUT2D eigenvalue weighted by Crippen LogP contribution is -2.00. The third kappa shape index (κ3) is 3.03. The van der Waals surface area contributed by atoms with Crippen molar-refractivity contribution < 1.29 is 0 Å². The number of nitrogens with zero attached hydrogens (tertiary/aromatic N) is 6. The number of benzene rings is 1. The number of aryl methyl sites for hydroxylation is 1. The Morgan fingerprint density at radius 1 is 1.00 bits per heavy atom. The van der Waals surface area contributed by atoms with E-state index in [2.05, 4.69) is 57.0 Å². The summed E-state index contributed by atoms with van der Waals surface area (Å²) in [4.78, 5) is 13.8. The SMILES string of the molecule is CCCn1cc(-c2ccc3ncn(Cc4ccc5ncccc5c4)c3n2)cn1. The Labute approximate surface area is 162 Å². The predicted molar refractivity (Wildman–Crippen MR) is 110 cm³/mol. The molecule has 6 heteroatoms. The Bertz CT molecular complexity index is 1270. The van der Waals surface area contributed by atoms with Crippen LogP contribution in [0.25, 0.3) is 33.3 Å². The van der Waals surface area contributed by atoms with Crippen LogP contribution in [0.1, 0.15) is 18.9 Å². The maximum absolute atomic E-state index is 4.87. The molecule has 4 heterocycles. The van der Waals surface area contributed by atoms with Gasteiger partial charge in [0.15, 0.2) is 5.65 Å². The molecule has 0 saturated heterocycles. The van der Waals surface area contributed by atoms with Crippen molar-refractivity contribution in [3.63, 3.8) is 0 Å². The molecule has 0 radical (unpaired) electrons. The van der Waals surface area contributed by atoms with E-state index in [9.17, 15) is 0 Å². The molecule has 0 amide bonds. The lowest BCUT2D eigenvalue weighted by molar-refractivity contribution is 0.603. The van der Waals surface area contributed by atoms with Gasteiger partial charge in [0, 0.05) is 29.9 Å². The van der Waals surface area contributed by atoms with Crippen LogP contribution in [0, 0.1) is 0 Å². The summed E-state index contributed by atoms with van der Waals surface area (Å²) in [6.07, 6.45) is 8.66. The van der Waals surface area contributed by atoms with E-state index < -0.39 is 0 Å². The van der Waals surface area contributed by atoms with E-state index in [-0.39, 0.29) is 0 Å². The molecule has 5 aromatic rings. The smallest absolute Gasteiger partial charge is 0.160 e. The zero-order chi connectivity index (χ0) is 18.9. The van der Waals surface area contributed by atoms with E-state index in [1.54, 1.807) is 0 Å². The third-order valence-corrected chi connectivity index (χ3v) is 4.86. The highest BCUT2D eigenvalue weighted by Gasteiger charge is 2.09. The molecule has 4 aromatic heterocycles. The first-order valence-corrected chi connectivity index (χ1v) is 9.48. The molecule has 0 atom stereocenters. The number of pyridine rings is 2. The van der Waals surface area contributed by atoms with E-state index >= 15 is 0 Å². The molecule has 1 aromatic carbocycles. The van der Waals surface area contributed by atoms with Crippen LogP contribution < -0.4 is 0 Å². The van der Waals surface area contributed by atoms with Gasteiger partial charge in [0.05, 0.1) is 30.3 Å². The lowest BCUT2D eigenvalue weighted by Gasteiger charge is -2.06. The van der Waals surface area contributed by atoms with Gasteiger partial charge >= 0.3 is 0 Å². The van der Waals surface area contributed by atoms with Crippen molar-refractivity contribution in [2.45, 2.75) is 26.4 Å². The standard InChI is InChI=1S/C22H20N6/c1-2-10-28-14-18(12-25-28)20-7-8-21-22(26-20)27(15-24-21)13-16-5-6-19-17(11-16)4-3-9-23-19/h3-9,11-12,14-15H,2,10,13H2,1H3. The molecule has 0 unspecified atom stereocenters. The highest BCUT2D eigenvalue weighted by Crippen LogP contribution is 2.21. The fraction of sp³-hybridized carbons (Fsp3) is 0.182. The van der Waals surface area contributed by atoms with Gasteiger partial charge in [-0.3, -0.25) is 9.67 Å². The van der Waals surface area contributed by atoms with Crippen molar-refractivity contribution in [2.75, 3.05) is 0 Å². The molecule has 0 bridgehead atoms. The molecule has 138 valence electrons. The van der Waals surface area contributed by atoms with E-state index in [0.29, 0.717) is 6.54 Å². The van der Waals surface area contributed by atoms with Crippen LogP contribution in [-0.4, -0.2) is 29.3 Å². The number of fused-ring (bicyclic) bond motifs is 2. The molecule has 0 fully saturated rings. The monoisotopic (exact) mass is 368 g/mol. The zero-order valence-corrected chi connectivity index (χ0v) is 15.7. The van der Waals surface area contributed by atoms with Gasteiger partial charge in [-0.1, -0.05) is 19.1 Å². The summed E-state index contributed by atoms with van der Waals surface area (Å²) in [5.41, 5.74) is 5.92. The van der Waals surface area contributed by atoms with Crippen LogP contribution in [0.2, 0.25) is 0 Å². The molecule has 0 aliphatic heterocycles. The molecule has 28 heavy (non-hydrogen) atoms. The average Bonchev–Trinajstić information content (AvgIpc) is 3.35. The van der Waals surface area contributed by atoms with Crippen LogP contribution in [-0.2, 0) is 13.1 Å². The van der Waals surface area contributed by atoms with Gasteiger partial charge in [-0.2, -0.15) is 5.10 Å². The van der Waals surface area contributed by atoms with Crippen LogP contribution in [0.15, 0.2) is 67.4 Å². The largest absolute Gasteiger partial charge is 0.311 e. The van der Waals surface area contributed by atoms with Crippen LogP contribution >= 0.6 is 0 Å². The number of hydrogen-bond donors (Lipinski definition) is 0. The molecule has 0 spiro atoms. The molecule has 0 saturated carbocycles. The second-order valence-corrected chi connectivity index (χ2v) is 6.93. The van der Waals surface area contributed by atoms with Crippen LogP contribution in [0.5, 0.6) is 0 Å². The van der Waals surface area contributed by atoms with Crippen molar-refractivity contribution in [2.24, 2.45) is 0 Å². The minimum absolute atomic E-state index is 0.715. The molecule has 0 aliphatic rings. The van der Waals surface area contributed by atoms with Crippen LogP contribution in [0.3, 0.4) is 0 Å². The molecule has 0 N–H and O–H groups in total. The highest BCUT2D eigenvalue weighted by molar-refractivity contribution is 5.79. The van der Waals surface area contributed by atoms with Crippen molar-refractivity contribution in [1.29, 1.82) is 0 Å². The quantitative estimate of drug-likeness (QED) is 0.464. The summed E-state index contributed by atoms with van der Waals surface area (Å²) >= 11 is 0. The first-order chi connectivity index (χ1) is 13.8. The normalized spacial score (nSPS) is 11.5. The lowest BCUT2D eigenvalue weighted by atomic mass is 10.1. The van der Waals surface area contributed by atoms with E-state index in [1.807, 2.05) is 41.6 Å². The van der Waals surface area contributed by atoms with Gasteiger partial charge in [0.2, 0.25) is 0 Å². The Hall–Kier alpha value is -3.54. The molecule has 0 aliphatic carbocycles. The minimum atomic E-state index is 0.715. The van der Waals surface area contributed by atoms with E-state index in [0.717, 1.165) is 46.3 Å². The first-order valence-electron chi connectivity index (χ1n) is 9.48. The van der Waals surface area contributed by atoms with Crippen molar-refractivity contribution in [3.8, 4) is 11.3 Å². The molecule has 6 nitrogen and oxygen atoms in total. The highest BCUT2D eigenvalue weighted by atomic mass is 15.3. The Balaban J connectivity index is 1.50. The average molecular weight is 368 g/mol. The van der Waals surface area contributed by atoms with Gasteiger partial charge in [-0.25, -0.2) is 9.97 Å². The molecular formula is C22H20N6. The van der Waals surface area contributed by atoms with Gasteiger partial charge in [-0.05, 0) is 42.3 Å². The Morgan fingerprint density at radius 3 is 2.86 bits per heavy atom. The number of imidazole rings is 1. The minimum Gasteiger partial charge on any atom is -0.311 e. The van der Waals surface area contributed by atoms with Gasteiger partial charge in [0.1, 0.15) is 5.52 Å². The molecule has 5 rings (SSSR count). The second kappa shape index (κ2) is 6.88. The summed E-state index contributed by atoms with van der Waals surface area (Å²) in [6.45, 7) is 3.77. The fourth-order valence-corrected chi connectivity index (χ4v) is 3.48. The summed E-state index contributed by atoms with van der Waals surface area (Å²) < 4.78 is 4.05. The van der Waals surface area contributed by atoms with Crippen molar-refractivity contribution in [1.82, 2.24) is 29.3 Å². The number of rotatable bonds is 5. The predicted octanol–water partition coefficient (Wildman–Crippen LogP) is 4.30. The number of hydrogen-bond acceptors (Lipinski definition) is 4. The van der Waals surface area contributed by atoms with Crippen molar-refractivity contribution >= 4 is 22.1 Å². The summed E-state index contributed by atoms with van der Waals surface area (Å²) in [7, 11) is 0. The second-order valence-electron chi connectivity index (χ2n) is 6.93. The van der Waals surface area contributed by atoms with Crippen LogP contribution in [0.4, 0.5) is 0 Å². The topological polar surface area (TPSA) is 61.4 Å². The Morgan fingerprint density at radius 2 is 1.93 bits per heavy atom. The number of aromatic nitrogens is 6.